The standard InChI is InChI=1S/C11H22BN/c1-3-10-4-9-5-11(8(10)2)7-13(12)6-9/h8-11H,3-7,12H2,1-2H3. The summed E-state index contributed by atoms with van der Waals surface area (Å²) in [7, 11) is 2.29. The van der Waals surface area contributed by atoms with Crippen LogP contribution in [0.5, 0.6) is 0 Å². The molecule has 2 fully saturated rings. The minimum absolute atomic E-state index is 0.976. The molecule has 4 unspecified atom stereocenters. The fourth-order valence-electron chi connectivity index (χ4n) is 3.61. The van der Waals surface area contributed by atoms with Gasteiger partial charge in [-0.2, -0.15) is 0 Å². The maximum atomic E-state index is 2.54. The lowest BCUT2D eigenvalue weighted by atomic mass is 9.65. The van der Waals surface area contributed by atoms with E-state index in [1.807, 2.05) is 0 Å². The van der Waals surface area contributed by atoms with E-state index in [1.54, 1.807) is 0 Å². The maximum absolute atomic E-state index is 2.54. The first-order valence-corrected chi connectivity index (χ1v) is 5.89. The smallest absolute Gasteiger partial charge is 0.185 e. The van der Waals surface area contributed by atoms with Crippen molar-refractivity contribution in [3.05, 3.63) is 0 Å². The number of rotatable bonds is 1. The lowest BCUT2D eigenvalue weighted by Crippen LogP contribution is -2.46. The topological polar surface area (TPSA) is 3.24 Å². The van der Waals surface area contributed by atoms with Gasteiger partial charge in [-0.05, 0) is 49.6 Å². The van der Waals surface area contributed by atoms with E-state index in [0.717, 1.165) is 23.7 Å². The molecule has 0 radical (unpaired) electrons. The third-order valence-corrected chi connectivity index (χ3v) is 4.40. The van der Waals surface area contributed by atoms with Gasteiger partial charge in [-0.1, -0.05) is 20.3 Å². The second-order valence-electron chi connectivity index (χ2n) is 5.35. The first-order valence-electron chi connectivity index (χ1n) is 5.89. The highest BCUT2D eigenvalue weighted by atomic mass is 15.0. The predicted octanol–water partition coefficient (Wildman–Crippen LogP) is 1.54. The molecule has 0 aromatic rings. The minimum Gasteiger partial charge on any atom is -0.348 e. The van der Waals surface area contributed by atoms with Crippen molar-refractivity contribution in [1.29, 1.82) is 0 Å². The van der Waals surface area contributed by atoms with Crippen molar-refractivity contribution in [1.82, 2.24) is 4.81 Å². The highest BCUT2D eigenvalue weighted by molar-refractivity contribution is 6.04. The summed E-state index contributed by atoms with van der Waals surface area (Å²) < 4.78 is 0. The van der Waals surface area contributed by atoms with Crippen molar-refractivity contribution < 1.29 is 0 Å². The normalized spacial score (nSPS) is 46.3. The van der Waals surface area contributed by atoms with Crippen LogP contribution in [0.15, 0.2) is 0 Å². The van der Waals surface area contributed by atoms with Gasteiger partial charge in [0.05, 0.1) is 0 Å². The first-order chi connectivity index (χ1) is 6.20. The average Bonchev–Trinajstić information content (AvgIpc) is 2.10. The second-order valence-corrected chi connectivity index (χ2v) is 5.35. The molecule has 2 bridgehead atoms. The van der Waals surface area contributed by atoms with Crippen LogP contribution in [0.4, 0.5) is 0 Å². The van der Waals surface area contributed by atoms with Gasteiger partial charge in [0.25, 0.3) is 0 Å². The fourth-order valence-corrected chi connectivity index (χ4v) is 3.61. The van der Waals surface area contributed by atoms with Crippen LogP contribution in [0.2, 0.25) is 0 Å². The lowest BCUT2D eigenvalue weighted by Gasteiger charge is -2.47. The van der Waals surface area contributed by atoms with E-state index in [0.29, 0.717) is 0 Å². The number of fused-ring (bicyclic) bond motifs is 2. The Kier molecular flexibility index (Phi) is 2.68. The molecule has 1 aliphatic carbocycles. The van der Waals surface area contributed by atoms with E-state index < -0.39 is 0 Å². The zero-order valence-electron chi connectivity index (χ0n) is 9.29. The van der Waals surface area contributed by atoms with E-state index in [-0.39, 0.29) is 0 Å². The van der Waals surface area contributed by atoms with Gasteiger partial charge in [-0.15, -0.1) is 0 Å². The zero-order chi connectivity index (χ0) is 9.42. The Morgan fingerprint density at radius 1 is 1.31 bits per heavy atom. The van der Waals surface area contributed by atoms with Gasteiger partial charge in [0.1, 0.15) is 0 Å². The van der Waals surface area contributed by atoms with Crippen molar-refractivity contribution in [2.45, 2.75) is 33.1 Å². The zero-order valence-corrected chi connectivity index (χ0v) is 9.29. The van der Waals surface area contributed by atoms with Crippen LogP contribution in [-0.2, 0) is 0 Å². The summed E-state index contributed by atoms with van der Waals surface area (Å²) >= 11 is 0. The van der Waals surface area contributed by atoms with Gasteiger partial charge in [-0.3, -0.25) is 0 Å². The van der Waals surface area contributed by atoms with E-state index in [1.165, 1.54) is 32.4 Å². The van der Waals surface area contributed by atoms with Gasteiger partial charge in [-0.25, -0.2) is 0 Å². The van der Waals surface area contributed by atoms with Crippen molar-refractivity contribution in [2.24, 2.45) is 23.7 Å². The molecule has 74 valence electrons. The van der Waals surface area contributed by atoms with Gasteiger partial charge < -0.3 is 4.81 Å². The molecule has 13 heavy (non-hydrogen) atoms. The maximum Gasteiger partial charge on any atom is 0.185 e. The van der Waals surface area contributed by atoms with Crippen molar-refractivity contribution >= 4 is 7.98 Å². The fraction of sp³-hybridized carbons (Fsp3) is 1.00. The van der Waals surface area contributed by atoms with Crippen molar-refractivity contribution in [3.63, 3.8) is 0 Å². The summed E-state index contributed by atoms with van der Waals surface area (Å²) in [6.45, 7) is 7.56. The highest BCUT2D eigenvalue weighted by Crippen LogP contribution is 2.42. The van der Waals surface area contributed by atoms with Crippen molar-refractivity contribution in [2.75, 3.05) is 13.1 Å². The molecule has 0 amide bonds. The van der Waals surface area contributed by atoms with Gasteiger partial charge >= 0.3 is 0 Å². The number of hydrogen-bond donors (Lipinski definition) is 0. The van der Waals surface area contributed by atoms with Crippen LogP contribution in [-0.4, -0.2) is 25.9 Å². The summed E-state index contributed by atoms with van der Waals surface area (Å²) in [4.78, 5) is 2.54. The predicted molar refractivity (Wildman–Crippen MR) is 59.3 cm³/mol. The molecule has 1 saturated heterocycles. The third-order valence-electron chi connectivity index (χ3n) is 4.40. The Balaban J connectivity index is 2.05. The lowest BCUT2D eigenvalue weighted by molar-refractivity contribution is 0.0502. The van der Waals surface area contributed by atoms with Gasteiger partial charge in [0.15, 0.2) is 7.98 Å². The SMILES string of the molecule is BN1CC2CC(CC)C(C)C(C2)C1. The molecule has 4 atom stereocenters. The Labute approximate surface area is 83.3 Å². The molecule has 1 saturated carbocycles. The summed E-state index contributed by atoms with van der Waals surface area (Å²) in [5.74, 6) is 4.02. The molecule has 0 aromatic carbocycles. The van der Waals surface area contributed by atoms with Crippen LogP contribution in [0.25, 0.3) is 0 Å². The third kappa shape index (κ3) is 1.78. The number of nitrogens with zero attached hydrogens (tertiary/aromatic N) is 1. The Morgan fingerprint density at radius 2 is 2.08 bits per heavy atom. The van der Waals surface area contributed by atoms with Crippen LogP contribution >= 0.6 is 0 Å². The Morgan fingerprint density at radius 3 is 2.77 bits per heavy atom. The number of hydrogen-bond acceptors (Lipinski definition) is 1. The van der Waals surface area contributed by atoms with Gasteiger partial charge in [0.2, 0.25) is 0 Å². The molecule has 0 aromatic heterocycles. The monoisotopic (exact) mass is 179 g/mol. The van der Waals surface area contributed by atoms with Crippen LogP contribution in [0, 0.1) is 23.7 Å². The summed E-state index contributed by atoms with van der Waals surface area (Å²) in [6, 6.07) is 0. The Hall–Kier alpha value is 0.0249. The van der Waals surface area contributed by atoms with E-state index in [4.69, 9.17) is 0 Å². The first kappa shape index (κ1) is 9.58. The van der Waals surface area contributed by atoms with Crippen LogP contribution < -0.4 is 0 Å². The number of piperidine rings is 1. The van der Waals surface area contributed by atoms with E-state index in [2.05, 4.69) is 26.6 Å². The average molecular weight is 179 g/mol. The Bertz CT molecular complexity index is 181. The molecular formula is C11H22BN. The summed E-state index contributed by atoms with van der Waals surface area (Å²) in [6.07, 6.45) is 4.42. The minimum atomic E-state index is 0.976. The van der Waals surface area contributed by atoms with Crippen molar-refractivity contribution in [3.8, 4) is 0 Å². The molecule has 2 aliphatic rings. The molecule has 1 nitrogen and oxygen atoms in total. The molecule has 1 aliphatic heterocycles. The largest absolute Gasteiger partial charge is 0.348 e. The quantitative estimate of drug-likeness (QED) is 0.552. The second kappa shape index (κ2) is 3.64. The summed E-state index contributed by atoms with van der Waals surface area (Å²) in [5.41, 5.74) is 0. The van der Waals surface area contributed by atoms with Crippen LogP contribution in [0.1, 0.15) is 33.1 Å². The van der Waals surface area contributed by atoms with Crippen LogP contribution in [0.3, 0.4) is 0 Å². The molecular weight excluding hydrogens is 157 g/mol. The molecule has 1 heterocycles. The molecule has 0 N–H and O–H groups in total. The molecule has 2 rings (SSSR count). The van der Waals surface area contributed by atoms with E-state index in [9.17, 15) is 0 Å². The van der Waals surface area contributed by atoms with E-state index >= 15 is 0 Å². The summed E-state index contributed by atoms with van der Waals surface area (Å²) in [5, 5.41) is 0. The molecule has 0 spiro atoms. The highest BCUT2D eigenvalue weighted by Gasteiger charge is 2.37. The van der Waals surface area contributed by atoms with Gasteiger partial charge in [0, 0.05) is 0 Å². The molecule has 2 heteroatoms.